The lowest BCUT2D eigenvalue weighted by atomic mass is 10.2. The monoisotopic (exact) mass is 372 g/mol. The molecule has 1 heterocycles. The second-order valence-corrected chi connectivity index (χ2v) is 5.89. The van der Waals surface area contributed by atoms with E-state index in [2.05, 4.69) is 15.7 Å². The van der Waals surface area contributed by atoms with Crippen LogP contribution in [0, 0.1) is 5.82 Å². The van der Waals surface area contributed by atoms with Crippen LogP contribution in [0.4, 0.5) is 15.8 Å². The lowest BCUT2D eigenvalue weighted by Crippen LogP contribution is -2.16. The number of aromatic nitrogens is 2. The zero-order valence-corrected chi connectivity index (χ0v) is 14.4. The Kier molecular flexibility index (Phi) is 4.99. The van der Waals surface area contributed by atoms with Crippen LogP contribution in [0.5, 0.6) is 0 Å². The molecule has 132 valence electrons. The molecule has 3 rings (SSSR count). The molecule has 0 atom stereocenters. The maximum atomic E-state index is 13.3. The molecular weight excluding hydrogens is 359 g/mol. The van der Waals surface area contributed by atoms with Crippen LogP contribution in [-0.2, 0) is 4.79 Å². The Bertz CT molecular complexity index is 987. The number of hydrogen-bond acceptors (Lipinski definition) is 3. The van der Waals surface area contributed by atoms with Crippen molar-refractivity contribution < 1.29 is 14.0 Å². The SMILES string of the molecule is CC(=O)Nc1ccc(Cl)cc1NC(=O)c1ccn(-c2cccc(F)c2)n1. The first-order valence-electron chi connectivity index (χ1n) is 7.62. The lowest BCUT2D eigenvalue weighted by molar-refractivity contribution is -0.114. The molecule has 0 radical (unpaired) electrons. The van der Waals surface area contributed by atoms with Crippen molar-refractivity contribution in [1.29, 1.82) is 0 Å². The molecule has 8 heteroatoms. The number of amides is 2. The molecule has 0 aliphatic rings. The summed E-state index contributed by atoms with van der Waals surface area (Å²) >= 11 is 5.96. The van der Waals surface area contributed by atoms with E-state index < -0.39 is 11.7 Å². The minimum absolute atomic E-state index is 0.128. The highest BCUT2D eigenvalue weighted by atomic mass is 35.5. The van der Waals surface area contributed by atoms with Gasteiger partial charge in [-0.3, -0.25) is 9.59 Å². The number of rotatable bonds is 4. The summed E-state index contributed by atoms with van der Waals surface area (Å²) in [5.74, 6) is -1.17. The van der Waals surface area contributed by atoms with Gasteiger partial charge in [0.05, 0.1) is 17.1 Å². The van der Waals surface area contributed by atoms with Crippen molar-refractivity contribution in [1.82, 2.24) is 9.78 Å². The van der Waals surface area contributed by atoms with Crippen molar-refractivity contribution in [2.45, 2.75) is 6.92 Å². The van der Waals surface area contributed by atoms with Gasteiger partial charge >= 0.3 is 0 Å². The number of benzene rings is 2. The van der Waals surface area contributed by atoms with E-state index in [1.807, 2.05) is 0 Å². The smallest absolute Gasteiger partial charge is 0.276 e. The van der Waals surface area contributed by atoms with Crippen LogP contribution in [0.3, 0.4) is 0 Å². The van der Waals surface area contributed by atoms with Gasteiger partial charge in [0, 0.05) is 18.1 Å². The maximum Gasteiger partial charge on any atom is 0.276 e. The summed E-state index contributed by atoms with van der Waals surface area (Å²) in [6, 6.07) is 12.1. The molecular formula is C18H14ClFN4O2. The van der Waals surface area contributed by atoms with E-state index in [9.17, 15) is 14.0 Å². The molecule has 0 spiro atoms. The fourth-order valence-corrected chi connectivity index (χ4v) is 2.48. The Morgan fingerprint density at radius 2 is 1.88 bits per heavy atom. The van der Waals surface area contributed by atoms with Gasteiger partial charge < -0.3 is 10.6 Å². The zero-order chi connectivity index (χ0) is 18.7. The molecule has 0 aliphatic carbocycles. The number of nitrogens with zero attached hydrogens (tertiary/aromatic N) is 2. The first-order valence-corrected chi connectivity index (χ1v) is 8.00. The largest absolute Gasteiger partial charge is 0.325 e. The van der Waals surface area contributed by atoms with Gasteiger partial charge in [0.25, 0.3) is 5.91 Å². The summed E-state index contributed by atoms with van der Waals surface area (Å²) < 4.78 is 14.7. The van der Waals surface area contributed by atoms with E-state index in [0.717, 1.165) is 0 Å². The molecule has 3 aromatic rings. The zero-order valence-electron chi connectivity index (χ0n) is 13.7. The van der Waals surface area contributed by atoms with Crippen molar-refractivity contribution in [2.24, 2.45) is 0 Å². The molecule has 0 fully saturated rings. The highest BCUT2D eigenvalue weighted by molar-refractivity contribution is 6.31. The van der Waals surface area contributed by atoms with Gasteiger partial charge in [-0.15, -0.1) is 0 Å². The van der Waals surface area contributed by atoms with Crippen molar-refractivity contribution in [2.75, 3.05) is 10.6 Å². The predicted molar refractivity (Wildman–Crippen MR) is 97.2 cm³/mol. The van der Waals surface area contributed by atoms with Crippen LogP contribution < -0.4 is 10.6 Å². The molecule has 2 aromatic carbocycles. The maximum absolute atomic E-state index is 13.3. The van der Waals surface area contributed by atoms with Gasteiger partial charge in [0.1, 0.15) is 5.82 Å². The molecule has 26 heavy (non-hydrogen) atoms. The first kappa shape index (κ1) is 17.6. The molecule has 2 amide bonds. The molecule has 0 bridgehead atoms. The standard InChI is InChI=1S/C18H14ClFN4O2/c1-11(25)21-15-6-5-12(19)9-17(15)22-18(26)16-7-8-24(23-16)14-4-2-3-13(20)10-14/h2-10H,1H3,(H,21,25)(H,22,26). The van der Waals surface area contributed by atoms with Crippen molar-refractivity contribution in [3.63, 3.8) is 0 Å². The van der Waals surface area contributed by atoms with Gasteiger partial charge in [0.2, 0.25) is 5.91 Å². The highest BCUT2D eigenvalue weighted by Crippen LogP contribution is 2.26. The molecule has 2 N–H and O–H groups in total. The Labute approximate surface area is 153 Å². The summed E-state index contributed by atoms with van der Waals surface area (Å²) in [4.78, 5) is 23.7. The van der Waals surface area contributed by atoms with Crippen LogP contribution >= 0.6 is 11.6 Å². The van der Waals surface area contributed by atoms with Gasteiger partial charge in [-0.05, 0) is 42.5 Å². The first-order chi connectivity index (χ1) is 12.4. The number of carbonyl (C=O) groups is 2. The average molecular weight is 373 g/mol. The van der Waals surface area contributed by atoms with E-state index in [0.29, 0.717) is 22.1 Å². The quantitative estimate of drug-likeness (QED) is 0.729. The van der Waals surface area contributed by atoms with E-state index in [4.69, 9.17) is 11.6 Å². The van der Waals surface area contributed by atoms with Crippen LogP contribution in [0.2, 0.25) is 5.02 Å². The van der Waals surface area contributed by atoms with Crippen molar-refractivity contribution in [3.05, 3.63) is 71.3 Å². The summed E-state index contributed by atoms with van der Waals surface area (Å²) in [6.45, 7) is 1.36. The fourth-order valence-electron chi connectivity index (χ4n) is 2.31. The van der Waals surface area contributed by atoms with Crippen LogP contribution in [0.15, 0.2) is 54.7 Å². The topological polar surface area (TPSA) is 76.0 Å². The van der Waals surface area contributed by atoms with E-state index in [-0.39, 0.29) is 11.6 Å². The minimum Gasteiger partial charge on any atom is -0.325 e. The van der Waals surface area contributed by atoms with E-state index in [1.165, 1.54) is 35.9 Å². The van der Waals surface area contributed by atoms with Crippen LogP contribution in [0.1, 0.15) is 17.4 Å². The molecule has 0 aliphatic heterocycles. The number of halogens is 2. The van der Waals surface area contributed by atoms with Crippen LogP contribution in [-0.4, -0.2) is 21.6 Å². The predicted octanol–water partition coefficient (Wildman–Crippen LogP) is 3.88. The summed E-state index contributed by atoms with van der Waals surface area (Å²) in [5, 5.41) is 9.83. The third kappa shape index (κ3) is 4.07. The Hall–Kier alpha value is -3.19. The molecule has 0 unspecified atom stereocenters. The lowest BCUT2D eigenvalue weighted by Gasteiger charge is -2.11. The van der Waals surface area contributed by atoms with Gasteiger partial charge in [-0.2, -0.15) is 5.10 Å². The Morgan fingerprint density at radius 3 is 2.62 bits per heavy atom. The number of hydrogen-bond donors (Lipinski definition) is 2. The van der Waals surface area contributed by atoms with E-state index in [1.54, 1.807) is 30.5 Å². The number of carbonyl (C=O) groups excluding carboxylic acids is 2. The van der Waals surface area contributed by atoms with Gasteiger partial charge in [-0.1, -0.05) is 17.7 Å². The second kappa shape index (κ2) is 7.37. The van der Waals surface area contributed by atoms with Crippen molar-refractivity contribution >= 4 is 34.8 Å². The molecule has 0 saturated carbocycles. The summed E-state index contributed by atoms with van der Waals surface area (Å²) in [7, 11) is 0. The third-order valence-electron chi connectivity index (χ3n) is 3.43. The van der Waals surface area contributed by atoms with E-state index >= 15 is 0 Å². The summed E-state index contributed by atoms with van der Waals surface area (Å²) in [6.07, 6.45) is 1.55. The highest BCUT2D eigenvalue weighted by Gasteiger charge is 2.14. The van der Waals surface area contributed by atoms with Crippen LogP contribution in [0.25, 0.3) is 5.69 Å². The van der Waals surface area contributed by atoms with Gasteiger partial charge in [0.15, 0.2) is 5.69 Å². The summed E-state index contributed by atoms with van der Waals surface area (Å²) in [5.41, 5.74) is 1.38. The molecule has 6 nitrogen and oxygen atoms in total. The minimum atomic E-state index is -0.492. The second-order valence-electron chi connectivity index (χ2n) is 5.45. The van der Waals surface area contributed by atoms with Crippen molar-refractivity contribution in [3.8, 4) is 5.69 Å². The number of nitrogens with one attached hydrogen (secondary N) is 2. The molecule has 1 aromatic heterocycles. The Balaban J connectivity index is 1.83. The average Bonchev–Trinajstić information content (AvgIpc) is 3.07. The fraction of sp³-hybridized carbons (Fsp3) is 0.0556. The molecule has 0 saturated heterocycles. The Morgan fingerprint density at radius 1 is 1.08 bits per heavy atom. The van der Waals surface area contributed by atoms with Gasteiger partial charge in [-0.25, -0.2) is 9.07 Å². The number of anilines is 2. The normalized spacial score (nSPS) is 10.4. The third-order valence-corrected chi connectivity index (χ3v) is 3.67.